The number of aromatic amines is 1. The Hall–Kier alpha value is -1.49. The first-order valence-electron chi connectivity index (χ1n) is 4.20. The molecule has 5 heteroatoms. The van der Waals surface area contributed by atoms with Gasteiger partial charge in [-0.2, -0.15) is 0 Å². The van der Waals surface area contributed by atoms with Gasteiger partial charge in [0.1, 0.15) is 6.61 Å². The monoisotopic (exact) mass is 214 g/mol. The lowest BCUT2D eigenvalue weighted by Crippen LogP contribution is -2.11. The van der Waals surface area contributed by atoms with Crippen LogP contribution in [0.25, 0.3) is 10.9 Å². The van der Waals surface area contributed by atoms with Crippen molar-refractivity contribution >= 4 is 10.9 Å². The Morgan fingerprint density at radius 2 is 1.93 bits per heavy atom. The predicted octanol–water partition coefficient (Wildman–Crippen LogP) is 3.21. The second kappa shape index (κ2) is 3.58. The average Bonchev–Trinajstić information content (AvgIpc) is 2.56. The van der Waals surface area contributed by atoms with Crippen LogP contribution in [0.2, 0.25) is 0 Å². The van der Waals surface area contributed by atoms with Gasteiger partial charge in [0, 0.05) is 11.2 Å². The number of ether oxygens (including phenoxy) is 1. The number of nitrogens with one attached hydrogen (secondary N) is 1. The zero-order valence-corrected chi connectivity index (χ0v) is 7.51. The topological polar surface area (TPSA) is 25.0 Å². The van der Waals surface area contributed by atoms with Gasteiger partial charge in [0.2, 0.25) is 0 Å². The summed E-state index contributed by atoms with van der Waals surface area (Å²) < 4.78 is 38.8. The molecular weight excluding hydrogens is 207 g/mol. The van der Waals surface area contributed by atoms with Gasteiger partial charge < -0.3 is 4.98 Å². The van der Waals surface area contributed by atoms with Crippen molar-refractivity contribution < 1.29 is 17.9 Å². The minimum Gasteiger partial charge on any atom is -0.356 e. The Morgan fingerprint density at radius 1 is 1.20 bits per heavy atom. The summed E-state index contributed by atoms with van der Waals surface area (Å²) in [7, 11) is 0. The number of aromatic nitrogens is 1. The van der Waals surface area contributed by atoms with Gasteiger partial charge in [-0.05, 0) is 17.5 Å². The van der Waals surface area contributed by atoms with Crippen molar-refractivity contribution in [3.63, 3.8) is 0 Å². The van der Waals surface area contributed by atoms with E-state index < -0.39 is 6.36 Å². The lowest BCUT2D eigenvalue weighted by atomic mass is 10.2. The van der Waals surface area contributed by atoms with Crippen LogP contribution in [-0.4, -0.2) is 11.3 Å². The third-order valence-corrected chi connectivity index (χ3v) is 1.87. The molecular formula is C10H7F3NO. The highest BCUT2D eigenvalue weighted by Gasteiger charge is 2.29. The number of hydrogen-bond donors (Lipinski definition) is 1. The Morgan fingerprint density at radius 3 is 2.60 bits per heavy atom. The van der Waals surface area contributed by atoms with Crippen LogP contribution in [0.15, 0.2) is 30.3 Å². The Balaban J connectivity index is 2.16. The smallest absolute Gasteiger partial charge is 0.356 e. The third kappa shape index (κ3) is 2.50. The van der Waals surface area contributed by atoms with E-state index in [1.165, 1.54) is 0 Å². The van der Waals surface area contributed by atoms with Crippen LogP contribution in [0.1, 0.15) is 5.69 Å². The average molecular weight is 214 g/mol. The number of fused-ring (bicyclic) bond motifs is 1. The summed E-state index contributed by atoms with van der Waals surface area (Å²) >= 11 is 0. The lowest BCUT2D eigenvalue weighted by molar-refractivity contribution is -0.306. The fourth-order valence-electron chi connectivity index (χ4n) is 1.29. The van der Waals surface area contributed by atoms with Crippen molar-refractivity contribution in [1.82, 2.24) is 4.98 Å². The molecule has 2 rings (SSSR count). The molecule has 0 amide bonds. The van der Waals surface area contributed by atoms with E-state index in [-0.39, 0.29) is 5.69 Å². The molecule has 1 N–H and O–H groups in total. The van der Waals surface area contributed by atoms with Crippen molar-refractivity contribution in [3.05, 3.63) is 42.6 Å². The molecule has 15 heavy (non-hydrogen) atoms. The molecule has 1 aromatic heterocycles. The molecule has 0 aliphatic carbocycles. The molecule has 0 aliphatic rings. The van der Waals surface area contributed by atoms with E-state index in [4.69, 9.17) is 0 Å². The molecule has 0 saturated carbocycles. The second-order valence-corrected chi connectivity index (χ2v) is 2.99. The van der Waals surface area contributed by atoms with Crippen molar-refractivity contribution in [2.75, 3.05) is 0 Å². The molecule has 2 nitrogen and oxygen atoms in total. The lowest BCUT2D eigenvalue weighted by Gasteiger charge is -2.04. The maximum Gasteiger partial charge on any atom is 0.523 e. The van der Waals surface area contributed by atoms with Crippen LogP contribution in [-0.2, 0) is 4.74 Å². The van der Waals surface area contributed by atoms with Crippen LogP contribution >= 0.6 is 0 Å². The SMILES string of the molecule is FC(F)(F)O[CH]c1cc2ccccc2[nH]1. The standard InChI is InChI=1S/C10H7F3NO/c11-10(12,13)15-6-8-5-7-3-1-2-4-9(7)14-8/h1-6,14H. The van der Waals surface area contributed by atoms with Crippen LogP contribution in [0.5, 0.6) is 0 Å². The normalized spacial score (nSPS) is 12.2. The molecule has 0 atom stereocenters. The zero-order chi connectivity index (χ0) is 10.9. The molecule has 2 aromatic rings. The summed E-state index contributed by atoms with van der Waals surface area (Å²) in [5, 5.41) is 0.842. The van der Waals surface area contributed by atoms with Crippen molar-refractivity contribution in [2.24, 2.45) is 0 Å². The summed E-state index contributed by atoms with van der Waals surface area (Å²) in [4.78, 5) is 2.79. The largest absolute Gasteiger partial charge is 0.523 e. The molecule has 79 valence electrons. The van der Waals surface area contributed by atoms with Gasteiger partial charge in [-0.15, -0.1) is 13.2 Å². The maximum atomic E-state index is 11.7. The van der Waals surface area contributed by atoms with Gasteiger partial charge in [-0.25, -0.2) is 0 Å². The highest BCUT2D eigenvalue weighted by molar-refractivity contribution is 5.80. The maximum absolute atomic E-state index is 11.7. The minimum atomic E-state index is -4.64. The molecule has 1 radical (unpaired) electrons. The van der Waals surface area contributed by atoms with Crippen LogP contribution in [0.3, 0.4) is 0 Å². The first-order chi connectivity index (χ1) is 7.04. The number of para-hydroxylation sites is 1. The summed E-state index contributed by atoms with van der Waals surface area (Å²) in [6.07, 6.45) is -4.64. The van der Waals surface area contributed by atoms with Gasteiger partial charge in [0.15, 0.2) is 0 Å². The second-order valence-electron chi connectivity index (χ2n) is 2.99. The van der Waals surface area contributed by atoms with Gasteiger partial charge in [-0.3, -0.25) is 4.74 Å². The van der Waals surface area contributed by atoms with Crippen molar-refractivity contribution in [2.45, 2.75) is 6.36 Å². The van der Waals surface area contributed by atoms with Gasteiger partial charge in [0.25, 0.3) is 0 Å². The minimum absolute atomic E-state index is 0.286. The number of alkyl halides is 3. The van der Waals surface area contributed by atoms with E-state index in [9.17, 15) is 13.2 Å². The molecule has 0 aliphatic heterocycles. The molecule has 1 aromatic carbocycles. The Bertz CT molecular complexity index is 428. The van der Waals surface area contributed by atoms with Crippen molar-refractivity contribution in [3.8, 4) is 0 Å². The number of halogens is 3. The van der Waals surface area contributed by atoms with Gasteiger partial charge >= 0.3 is 6.36 Å². The zero-order valence-electron chi connectivity index (χ0n) is 7.51. The molecule has 0 unspecified atom stereocenters. The van der Waals surface area contributed by atoms with Crippen LogP contribution < -0.4 is 0 Å². The Labute approximate surface area is 83.7 Å². The number of rotatable bonds is 2. The van der Waals surface area contributed by atoms with E-state index in [0.29, 0.717) is 6.61 Å². The number of benzene rings is 1. The van der Waals surface area contributed by atoms with Crippen LogP contribution in [0, 0.1) is 6.61 Å². The summed E-state index contributed by atoms with van der Waals surface area (Å²) in [6.45, 7) is 0.653. The van der Waals surface area contributed by atoms with E-state index >= 15 is 0 Å². The first kappa shape index (κ1) is 10.0. The third-order valence-electron chi connectivity index (χ3n) is 1.87. The fourth-order valence-corrected chi connectivity index (χ4v) is 1.29. The summed E-state index contributed by atoms with van der Waals surface area (Å²) in [6, 6.07) is 8.77. The van der Waals surface area contributed by atoms with E-state index in [1.807, 2.05) is 6.07 Å². The summed E-state index contributed by atoms with van der Waals surface area (Å²) in [5.41, 5.74) is 1.06. The fraction of sp³-hybridized carbons (Fsp3) is 0.100. The predicted molar refractivity (Wildman–Crippen MR) is 48.8 cm³/mol. The molecule has 0 fully saturated rings. The van der Waals surface area contributed by atoms with Gasteiger partial charge in [-0.1, -0.05) is 18.2 Å². The van der Waals surface area contributed by atoms with Crippen LogP contribution in [0.4, 0.5) is 13.2 Å². The number of H-pyrrole nitrogens is 1. The van der Waals surface area contributed by atoms with Crippen molar-refractivity contribution in [1.29, 1.82) is 0 Å². The Kier molecular flexibility index (Phi) is 2.40. The quantitative estimate of drug-likeness (QED) is 0.815. The highest BCUT2D eigenvalue weighted by atomic mass is 19.4. The van der Waals surface area contributed by atoms with E-state index in [1.54, 1.807) is 24.3 Å². The molecule has 0 bridgehead atoms. The first-order valence-corrected chi connectivity index (χ1v) is 4.20. The number of hydrogen-bond acceptors (Lipinski definition) is 1. The molecule has 0 saturated heterocycles. The van der Waals surface area contributed by atoms with E-state index in [2.05, 4.69) is 9.72 Å². The summed E-state index contributed by atoms with van der Waals surface area (Å²) in [5.74, 6) is 0. The molecule has 0 spiro atoms. The van der Waals surface area contributed by atoms with E-state index in [0.717, 1.165) is 10.9 Å². The van der Waals surface area contributed by atoms with Gasteiger partial charge in [0.05, 0.1) is 0 Å². The molecule has 1 heterocycles. The highest BCUT2D eigenvalue weighted by Crippen LogP contribution is 2.21.